The van der Waals surface area contributed by atoms with Crippen molar-refractivity contribution in [3.63, 3.8) is 0 Å². The molecule has 2 atom stereocenters. The summed E-state index contributed by atoms with van der Waals surface area (Å²) in [5.74, 6) is 0. The Kier molecular flexibility index (Phi) is 6.00. The van der Waals surface area contributed by atoms with E-state index in [1.54, 1.807) is 0 Å². The van der Waals surface area contributed by atoms with Crippen molar-refractivity contribution in [2.24, 2.45) is 0 Å². The zero-order valence-electron chi connectivity index (χ0n) is 13.7. The molecule has 0 radical (unpaired) electrons. The lowest BCUT2D eigenvalue weighted by molar-refractivity contribution is -0.570. The average molecular weight is 340 g/mol. The van der Waals surface area contributed by atoms with Crippen LogP contribution in [-0.2, 0) is 6.42 Å². The summed E-state index contributed by atoms with van der Waals surface area (Å²) < 4.78 is 0. The molecule has 2 unspecified atom stereocenters. The summed E-state index contributed by atoms with van der Waals surface area (Å²) in [6, 6.07) is 10.4. The number of likely N-dealkylation sites (N-methyl/N-ethyl adjacent to an activating group) is 1. The highest BCUT2D eigenvalue weighted by Gasteiger charge is 2.49. The number of nitro groups is 1. The third-order valence-electron chi connectivity index (χ3n) is 5.10. The van der Waals surface area contributed by atoms with Gasteiger partial charge in [-0.15, -0.1) is 12.4 Å². The highest BCUT2D eigenvalue weighted by Crippen LogP contribution is 2.28. The SMILES string of the molecule is CN1CC2CCCCN2CC(Cc2ccccc2)([N+](=O)[O-])C1.Cl. The van der Waals surface area contributed by atoms with Crippen molar-refractivity contribution in [2.45, 2.75) is 37.3 Å². The third-order valence-corrected chi connectivity index (χ3v) is 5.10. The zero-order chi connectivity index (χ0) is 15.6. The van der Waals surface area contributed by atoms with Gasteiger partial charge in [-0.05, 0) is 32.0 Å². The standard InChI is InChI=1S/C17H25N3O2.ClH/c1-18-12-16-9-5-6-10-19(16)14-17(13-18,20(21)22)11-15-7-3-2-4-8-15;/h2-4,7-8,16H,5-6,9-14H2,1H3;1H. The summed E-state index contributed by atoms with van der Waals surface area (Å²) >= 11 is 0. The van der Waals surface area contributed by atoms with Crippen LogP contribution in [0.15, 0.2) is 30.3 Å². The van der Waals surface area contributed by atoms with E-state index >= 15 is 0 Å². The highest BCUT2D eigenvalue weighted by atomic mass is 35.5. The Bertz CT molecular complexity index is 528. The molecule has 0 aliphatic carbocycles. The van der Waals surface area contributed by atoms with E-state index in [9.17, 15) is 10.1 Å². The lowest BCUT2D eigenvalue weighted by Gasteiger charge is -2.36. The monoisotopic (exact) mass is 339 g/mol. The molecule has 3 rings (SSSR count). The minimum atomic E-state index is -0.901. The number of fused-ring (bicyclic) bond motifs is 1. The molecule has 5 nitrogen and oxygen atoms in total. The Morgan fingerprint density at radius 2 is 2.00 bits per heavy atom. The fourth-order valence-corrected chi connectivity index (χ4v) is 4.10. The Morgan fingerprint density at radius 1 is 1.26 bits per heavy atom. The van der Waals surface area contributed by atoms with Crippen LogP contribution in [0, 0.1) is 10.1 Å². The van der Waals surface area contributed by atoms with Gasteiger partial charge in [0.15, 0.2) is 0 Å². The molecule has 2 fully saturated rings. The Balaban J connectivity index is 0.00000192. The normalized spacial score (nSPS) is 29.2. The lowest BCUT2D eigenvalue weighted by Crippen LogP contribution is -2.55. The van der Waals surface area contributed by atoms with Gasteiger partial charge in [0, 0.05) is 23.9 Å². The van der Waals surface area contributed by atoms with E-state index in [-0.39, 0.29) is 17.3 Å². The average Bonchev–Trinajstić information content (AvgIpc) is 2.64. The van der Waals surface area contributed by atoms with Crippen LogP contribution in [0.5, 0.6) is 0 Å². The fraction of sp³-hybridized carbons (Fsp3) is 0.647. The van der Waals surface area contributed by atoms with Crippen molar-refractivity contribution >= 4 is 12.4 Å². The van der Waals surface area contributed by atoms with Gasteiger partial charge in [0.2, 0.25) is 0 Å². The van der Waals surface area contributed by atoms with E-state index in [2.05, 4.69) is 9.80 Å². The summed E-state index contributed by atoms with van der Waals surface area (Å²) in [6.45, 7) is 3.05. The molecular formula is C17H26ClN3O2. The molecule has 2 heterocycles. The molecule has 128 valence electrons. The fourth-order valence-electron chi connectivity index (χ4n) is 4.10. The summed E-state index contributed by atoms with van der Waals surface area (Å²) in [6.07, 6.45) is 4.09. The maximum atomic E-state index is 12.0. The van der Waals surface area contributed by atoms with Gasteiger partial charge < -0.3 is 0 Å². The van der Waals surface area contributed by atoms with E-state index in [0.717, 1.165) is 18.7 Å². The number of hydrogen-bond donors (Lipinski definition) is 0. The van der Waals surface area contributed by atoms with E-state index < -0.39 is 5.54 Å². The largest absolute Gasteiger partial charge is 0.298 e. The smallest absolute Gasteiger partial charge is 0.251 e. The Labute approximate surface area is 144 Å². The van der Waals surface area contributed by atoms with E-state index in [0.29, 0.717) is 25.6 Å². The van der Waals surface area contributed by atoms with E-state index in [1.807, 2.05) is 37.4 Å². The molecule has 23 heavy (non-hydrogen) atoms. The number of benzene rings is 1. The van der Waals surface area contributed by atoms with Crippen molar-refractivity contribution < 1.29 is 4.92 Å². The second-order valence-electron chi connectivity index (χ2n) is 6.96. The first-order chi connectivity index (χ1) is 10.6. The van der Waals surface area contributed by atoms with Gasteiger partial charge in [-0.2, -0.15) is 0 Å². The predicted molar refractivity (Wildman–Crippen MR) is 93.8 cm³/mol. The number of nitrogens with zero attached hydrogens (tertiary/aromatic N) is 3. The maximum absolute atomic E-state index is 12.0. The summed E-state index contributed by atoms with van der Waals surface area (Å²) in [5, 5.41) is 12.0. The van der Waals surface area contributed by atoms with Crippen LogP contribution in [0.1, 0.15) is 24.8 Å². The Morgan fingerprint density at radius 3 is 2.70 bits per heavy atom. The lowest BCUT2D eigenvalue weighted by atomic mass is 9.89. The molecule has 2 aliphatic heterocycles. The summed E-state index contributed by atoms with van der Waals surface area (Å²) in [5.41, 5.74) is 0.158. The second-order valence-corrected chi connectivity index (χ2v) is 6.96. The van der Waals surface area contributed by atoms with Gasteiger partial charge in [0.1, 0.15) is 0 Å². The topological polar surface area (TPSA) is 49.6 Å². The minimum absolute atomic E-state index is 0. The first kappa shape index (κ1) is 18.2. The van der Waals surface area contributed by atoms with Crippen molar-refractivity contribution in [3.8, 4) is 0 Å². The van der Waals surface area contributed by atoms with Crippen LogP contribution in [0.2, 0.25) is 0 Å². The van der Waals surface area contributed by atoms with Gasteiger partial charge >= 0.3 is 0 Å². The van der Waals surface area contributed by atoms with E-state index in [4.69, 9.17) is 0 Å². The molecule has 0 spiro atoms. The van der Waals surface area contributed by atoms with Crippen LogP contribution in [0.3, 0.4) is 0 Å². The number of halogens is 1. The molecular weight excluding hydrogens is 314 g/mol. The van der Waals surface area contributed by atoms with Crippen LogP contribution in [0.4, 0.5) is 0 Å². The van der Waals surface area contributed by atoms with Crippen LogP contribution in [0.25, 0.3) is 0 Å². The van der Waals surface area contributed by atoms with E-state index in [1.165, 1.54) is 19.3 Å². The first-order valence-corrected chi connectivity index (χ1v) is 8.20. The van der Waals surface area contributed by atoms with Gasteiger partial charge in [-0.1, -0.05) is 36.8 Å². The molecule has 0 N–H and O–H groups in total. The van der Waals surface area contributed by atoms with Gasteiger partial charge in [0.05, 0.1) is 13.1 Å². The Hall–Kier alpha value is -1.17. The maximum Gasteiger partial charge on any atom is 0.251 e. The third kappa shape index (κ3) is 4.03. The molecule has 6 heteroatoms. The van der Waals surface area contributed by atoms with Crippen molar-refractivity contribution in [2.75, 3.05) is 33.2 Å². The molecule has 0 amide bonds. The molecule has 0 bridgehead atoms. The van der Waals surface area contributed by atoms with Crippen LogP contribution in [-0.4, -0.2) is 59.5 Å². The molecule has 2 saturated heterocycles. The van der Waals surface area contributed by atoms with Crippen molar-refractivity contribution in [1.82, 2.24) is 9.80 Å². The van der Waals surface area contributed by atoms with Crippen LogP contribution < -0.4 is 0 Å². The van der Waals surface area contributed by atoms with Crippen molar-refractivity contribution in [1.29, 1.82) is 0 Å². The highest BCUT2D eigenvalue weighted by molar-refractivity contribution is 5.85. The molecule has 0 aromatic heterocycles. The second kappa shape index (κ2) is 7.60. The van der Waals surface area contributed by atoms with Crippen molar-refractivity contribution in [3.05, 3.63) is 46.0 Å². The molecule has 1 aromatic rings. The first-order valence-electron chi connectivity index (χ1n) is 8.20. The molecule has 0 saturated carbocycles. The van der Waals surface area contributed by atoms with Gasteiger partial charge in [-0.25, -0.2) is 0 Å². The number of piperidine rings is 1. The quantitative estimate of drug-likeness (QED) is 0.627. The molecule has 2 aliphatic rings. The minimum Gasteiger partial charge on any atom is -0.298 e. The summed E-state index contributed by atoms with van der Waals surface area (Å²) in [4.78, 5) is 16.5. The zero-order valence-corrected chi connectivity index (χ0v) is 14.5. The predicted octanol–water partition coefficient (Wildman–Crippen LogP) is 2.47. The number of hydrogen-bond acceptors (Lipinski definition) is 4. The molecule has 1 aromatic carbocycles. The number of rotatable bonds is 3. The van der Waals surface area contributed by atoms with Crippen LogP contribution >= 0.6 is 12.4 Å². The van der Waals surface area contributed by atoms with Gasteiger partial charge in [-0.3, -0.25) is 19.9 Å². The van der Waals surface area contributed by atoms with Gasteiger partial charge in [0.25, 0.3) is 5.54 Å². The summed E-state index contributed by atoms with van der Waals surface area (Å²) in [7, 11) is 2.03.